The van der Waals surface area contributed by atoms with E-state index < -0.39 is 10.0 Å². The molecule has 0 bridgehead atoms. The van der Waals surface area contributed by atoms with Crippen molar-refractivity contribution in [1.29, 1.82) is 0 Å². The van der Waals surface area contributed by atoms with Gasteiger partial charge in [-0.15, -0.1) is 0 Å². The molecule has 2 aromatic rings. The van der Waals surface area contributed by atoms with Crippen LogP contribution in [0.5, 0.6) is 0 Å². The van der Waals surface area contributed by atoms with E-state index in [9.17, 15) is 8.42 Å². The second-order valence-electron chi connectivity index (χ2n) is 7.67. The third kappa shape index (κ3) is 4.27. The molecule has 1 aromatic heterocycles. The molecule has 0 amide bonds. The van der Waals surface area contributed by atoms with Gasteiger partial charge in [-0.25, -0.2) is 13.1 Å². The molecule has 2 saturated heterocycles. The van der Waals surface area contributed by atoms with Crippen molar-refractivity contribution in [3.8, 4) is 11.1 Å². The van der Waals surface area contributed by atoms with Gasteiger partial charge in [0.15, 0.2) is 0 Å². The molecule has 2 aliphatic heterocycles. The molecule has 6 nitrogen and oxygen atoms in total. The van der Waals surface area contributed by atoms with Crippen LogP contribution in [0.4, 0.5) is 0 Å². The van der Waals surface area contributed by atoms with Gasteiger partial charge in [0, 0.05) is 37.8 Å². The summed E-state index contributed by atoms with van der Waals surface area (Å²) in [5.74, 6) is 0. The van der Waals surface area contributed by atoms with Gasteiger partial charge in [0.05, 0.1) is 10.5 Å². The van der Waals surface area contributed by atoms with E-state index in [-0.39, 0.29) is 16.5 Å². The average Bonchev–Trinajstić information content (AvgIpc) is 2.68. The highest BCUT2D eigenvalue weighted by Crippen LogP contribution is 2.34. The second kappa shape index (κ2) is 7.91. The molecule has 1 aromatic carbocycles. The Morgan fingerprint density at radius 2 is 1.82 bits per heavy atom. The first kappa shape index (κ1) is 19.5. The van der Waals surface area contributed by atoms with Crippen molar-refractivity contribution in [2.24, 2.45) is 0 Å². The Hall–Kier alpha value is -1.80. The first-order chi connectivity index (χ1) is 13.5. The number of pyridine rings is 1. The lowest BCUT2D eigenvalue weighted by atomic mass is 9.84. The molecule has 28 heavy (non-hydrogen) atoms. The number of hydrogen-bond donors (Lipinski definition) is 1. The largest absolute Gasteiger partial charge is 0.381 e. The van der Waals surface area contributed by atoms with Gasteiger partial charge in [-0.05, 0) is 68.0 Å². The molecule has 1 spiro atoms. The zero-order chi connectivity index (χ0) is 19.6. The van der Waals surface area contributed by atoms with Crippen LogP contribution in [0.3, 0.4) is 0 Å². The van der Waals surface area contributed by atoms with Crippen LogP contribution >= 0.6 is 0 Å². The summed E-state index contributed by atoms with van der Waals surface area (Å²) >= 11 is 0. The quantitative estimate of drug-likeness (QED) is 0.850. The van der Waals surface area contributed by atoms with Gasteiger partial charge in [0.1, 0.15) is 0 Å². The standard InChI is InChI=1S/C21H26N2O4S/c1-16-14-18(6-10-22-16)17-2-4-20(5-3-17)28(24,25)23-19-7-11-27-21(15-19)8-12-26-13-9-21/h2-6,10,14,19,23H,7-9,11-13,15H2,1H3. The molecule has 0 aliphatic carbocycles. The lowest BCUT2D eigenvalue weighted by molar-refractivity contribution is -0.138. The number of hydrogen-bond acceptors (Lipinski definition) is 5. The highest BCUT2D eigenvalue weighted by molar-refractivity contribution is 7.89. The molecular weight excluding hydrogens is 376 g/mol. The van der Waals surface area contributed by atoms with E-state index in [2.05, 4.69) is 9.71 Å². The van der Waals surface area contributed by atoms with Crippen molar-refractivity contribution in [1.82, 2.24) is 9.71 Å². The van der Waals surface area contributed by atoms with E-state index in [1.54, 1.807) is 18.3 Å². The van der Waals surface area contributed by atoms with E-state index in [4.69, 9.17) is 9.47 Å². The summed E-state index contributed by atoms with van der Waals surface area (Å²) in [5.41, 5.74) is 2.68. The Morgan fingerprint density at radius 1 is 1.07 bits per heavy atom. The SMILES string of the molecule is Cc1cc(-c2ccc(S(=O)(=O)NC3CCOC4(CCOCC4)C3)cc2)ccn1. The molecule has 1 unspecified atom stereocenters. The molecule has 3 heterocycles. The van der Waals surface area contributed by atoms with Gasteiger partial charge in [-0.2, -0.15) is 0 Å². The average molecular weight is 403 g/mol. The van der Waals surface area contributed by atoms with E-state index in [1.165, 1.54) is 0 Å². The lowest BCUT2D eigenvalue weighted by Gasteiger charge is -2.43. The van der Waals surface area contributed by atoms with Gasteiger partial charge < -0.3 is 9.47 Å². The van der Waals surface area contributed by atoms with E-state index in [1.807, 2.05) is 31.2 Å². The van der Waals surface area contributed by atoms with Crippen LogP contribution in [0.2, 0.25) is 0 Å². The summed E-state index contributed by atoms with van der Waals surface area (Å²) in [7, 11) is -3.57. The molecule has 0 saturated carbocycles. The van der Waals surface area contributed by atoms with Crippen LogP contribution < -0.4 is 4.72 Å². The Labute approximate surface area is 166 Å². The van der Waals surface area contributed by atoms with Crippen molar-refractivity contribution in [3.63, 3.8) is 0 Å². The lowest BCUT2D eigenvalue weighted by Crippen LogP contribution is -2.50. The molecule has 2 aliphatic rings. The van der Waals surface area contributed by atoms with Crippen LogP contribution in [0.25, 0.3) is 11.1 Å². The summed E-state index contributed by atoms with van der Waals surface area (Å²) in [6, 6.07) is 10.8. The van der Waals surface area contributed by atoms with Gasteiger partial charge in [-0.1, -0.05) is 12.1 Å². The fourth-order valence-corrected chi connectivity index (χ4v) is 5.33. The summed E-state index contributed by atoms with van der Waals surface area (Å²) < 4.78 is 40.1. The molecule has 7 heteroatoms. The van der Waals surface area contributed by atoms with Gasteiger partial charge in [0.2, 0.25) is 10.0 Å². The molecule has 2 fully saturated rings. The number of aromatic nitrogens is 1. The summed E-state index contributed by atoms with van der Waals surface area (Å²) in [6.07, 6.45) is 4.80. The Kier molecular flexibility index (Phi) is 5.51. The number of benzene rings is 1. The van der Waals surface area contributed by atoms with Crippen LogP contribution in [0.1, 0.15) is 31.4 Å². The maximum Gasteiger partial charge on any atom is 0.240 e. The minimum absolute atomic E-state index is 0.112. The van der Waals surface area contributed by atoms with E-state index >= 15 is 0 Å². The van der Waals surface area contributed by atoms with Crippen molar-refractivity contribution >= 4 is 10.0 Å². The van der Waals surface area contributed by atoms with Crippen molar-refractivity contribution in [3.05, 3.63) is 48.3 Å². The minimum Gasteiger partial charge on any atom is -0.381 e. The molecule has 1 atom stereocenters. The van der Waals surface area contributed by atoms with Crippen molar-refractivity contribution < 1.29 is 17.9 Å². The molecule has 0 radical (unpaired) electrons. The maximum atomic E-state index is 12.9. The number of nitrogens with one attached hydrogen (secondary N) is 1. The van der Waals surface area contributed by atoms with Crippen molar-refractivity contribution in [2.75, 3.05) is 19.8 Å². The van der Waals surface area contributed by atoms with Crippen LogP contribution in [-0.2, 0) is 19.5 Å². The number of nitrogens with zero attached hydrogens (tertiary/aromatic N) is 1. The second-order valence-corrected chi connectivity index (χ2v) is 9.38. The zero-order valence-electron chi connectivity index (χ0n) is 16.1. The first-order valence-electron chi connectivity index (χ1n) is 9.73. The number of aryl methyl sites for hydroxylation is 1. The first-order valence-corrected chi connectivity index (χ1v) is 11.2. The summed E-state index contributed by atoms with van der Waals surface area (Å²) in [4.78, 5) is 4.49. The van der Waals surface area contributed by atoms with Crippen LogP contribution in [-0.4, -0.2) is 44.9 Å². The van der Waals surface area contributed by atoms with Crippen LogP contribution in [0, 0.1) is 6.92 Å². The molecular formula is C21H26N2O4S. The minimum atomic E-state index is -3.57. The van der Waals surface area contributed by atoms with Gasteiger partial charge in [-0.3, -0.25) is 4.98 Å². The third-order valence-electron chi connectivity index (χ3n) is 5.61. The predicted octanol–water partition coefficient (Wildman–Crippen LogP) is 3.06. The normalized spacial score (nSPS) is 22.2. The van der Waals surface area contributed by atoms with E-state index in [0.717, 1.165) is 29.7 Å². The summed E-state index contributed by atoms with van der Waals surface area (Å²) in [5, 5.41) is 0. The maximum absolute atomic E-state index is 12.9. The highest BCUT2D eigenvalue weighted by Gasteiger charge is 2.40. The fourth-order valence-electron chi connectivity index (χ4n) is 4.06. The van der Waals surface area contributed by atoms with Gasteiger partial charge in [0.25, 0.3) is 0 Å². The predicted molar refractivity (Wildman–Crippen MR) is 106 cm³/mol. The van der Waals surface area contributed by atoms with Crippen LogP contribution in [0.15, 0.2) is 47.5 Å². The topological polar surface area (TPSA) is 77.5 Å². The Morgan fingerprint density at radius 3 is 2.54 bits per heavy atom. The molecule has 150 valence electrons. The highest BCUT2D eigenvalue weighted by atomic mass is 32.2. The van der Waals surface area contributed by atoms with Crippen molar-refractivity contribution in [2.45, 2.75) is 49.1 Å². The molecule has 1 N–H and O–H groups in total. The molecule has 4 rings (SSSR count). The smallest absolute Gasteiger partial charge is 0.240 e. The Bertz CT molecular complexity index is 916. The third-order valence-corrected chi connectivity index (χ3v) is 7.15. The van der Waals surface area contributed by atoms with E-state index in [0.29, 0.717) is 32.7 Å². The zero-order valence-corrected chi connectivity index (χ0v) is 16.9. The summed E-state index contributed by atoms with van der Waals surface area (Å²) in [6.45, 7) is 3.86. The number of sulfonamides is 1. The fraction of sp³-hybridized carbons (Fsp3) is 0.476. The monoisotopic (exact) mass is 402 g/mol. The Balaban J connectivity index is 1.47. The number of ether oxygens (including phenoxy) is 2. The van der Waals surface area contributed by atoms with Gasteiger partial charge >= 0.3 is 0 Å². The number of rotatable bonds is 4.